The van der Waals surface area contributed by atoms with Crippen molar-refractivity contribution in [3.63, 3.8) is 0 Å². The van der Waals surface area contributed by atoms with Crippen molar-refractivity contribution >= 4 is 22.5 Å². The Hall–Kier alpha value is -0.150. The number of hydrogen-bond acceptors (Lipinski definition) is 3. The summed E-state index contributed by atoms with van der Waals surface area (Å²) >= 11 is 4.17. The highest BCUT2D eigenvalue weighted by Crippen LogP contribution is 2.26. The van der Waals surface area contributed by atoms with Crippen LogP contribution in [0.4, 0.5) is 0 Å². The quantitative estimate of drug-likeness (QED) is 0.578. The van der Waals surface area contributed by atoms with Crippen LogP contribution in [0.1, 0.15) is 23.2 Å². The number of fused-ring (bicyclic) bond motifs is 1. The van der Waals surface area contributed by atoms with E-state index in [1.807, 2.05) is 6.20 Å². The zero-order valence-electron chi connectivity index (χ0n) is 6.79. The molecule has 0 fully saturated rings. The van der Waals surface area contributed by atoms with Gasteiger partial charge in [0.2, 0.25) is 0 Å². The first-order valence-electron chi connectivity index (χ1n) is 4.14. The Kier molecular flexibility index (Phi) is 2.61. The van der Waals surface area contributed by atoms with Crippen LogP contribution in [0.3, 0.4) is 0 Å². The topological polar surface area (TPSA) is 12.9 Å². The van der Waals surface area contributed by atoms with Crippen LogP contribution in [-0.4, -0.2) is 4.98 Å². The largest absolute Gasteiger partial charge is 0.261 e. The minimum atomic E-state index is 1.01. The van der Waals surface area contributed by atoms with Gasteiger partial charge in [0.1, 0.15) is 0 Å². The Labute approximate surface area is 81.8 Å². The minimum Gasteiger partial charge on any atom is -0.261 e. The summed E-state index contributed by atoms with van der Waals surface area (Å²) in [7, 11) is 1.59. The second kappa shape index (κ2) is 3.71. The van der Waals surface area contributed by atoms with Crippen LogP contribution in [-0.2, 0) is 18.6 Å². The van der Waals surface area contributed by atoms with Crippen molar-refractivity contribution in [2.24, 2.45) is 0 Å². The SMILES string of the molecule is SSCc1ccnc2c1CCC2. The first-order chi connectivity index (χ1) is 5.92. The molecule has 1 aromatic rings. The molecule has 1 aliphatic carbocycles. The molecule has 0 amide bonds. The molecule has 0 aliphatic heterocycles. The highest BCUT2D eigenvalue weighted by Gasteiger charge is 2.14. The zero-order valence-corrected chi connectivity index (χ0v) is 8.50. The number of aryl methyl sites for hydroxylation is 1. The molecule has 64 valence electrons. The van der Waals surface area contributed by atoms with Crippen LogP contribution >= 0.6 is 22.5 Å². The van der Waals surface area contributed by atoms with Gasteiger partial charge in [-0.25, -0.2) is 0 Å². The van der Waals surface area contributed by atoms with Gasteiger partial charge in [-0.3, -0.25) is 4.98 Å². The molecule has 0 saturated heterocycles. The monoisotopic (exact) mass is 197 g/mol. The van der Waals surface area contributed by atoms with Crippen molar-refractivity contribution < 1.29 is 0 Å². The maximum Gasteiger partial charge on any atom is 0.0438 e. The van der Waals surface area contributed by atoms with E-state index in [2.05, 4.69) is 22.7 Å². The molecule has 3 heteroatoms. The van der Waals surface area contributed by atoms with Crippen LogP contribution in [0, 0.1) is 0 Å². The van der Waals surface area contributed by atoms with Gasteiger partial charge in [-0.1, -0.05) is 10.8 Å². The average molecular weight is 197 g/mol. The van der Waals surface area contributed by atoms with E-state index in [9.17, 15) is 0 Å². The molecule has 1 nitrogen and oxygen atoms in total. The van der Waals surface area contributed by atoms with Gasteiger partial charge in [-0.05, 0) is 36.5 Å². The van der Waals surface area contributed by atoms with Gasteiger partial charge in [0, 0.05) is 17.6 Å². The third kappa shape index (κ3) is 1.48. The van der Waals surface area contributed by atoms with Crippen LogP contribution in [0.15, 0.2) is 12.3 Å². The molecule has 0 saturated carbocycles. The van der Waals surface area contributed by atoms with E-state index in [0.717, 1.165) is 5.75 Å². The molecule has 12 heavy (non-hydrogen) atoms. The summed E-state index contributed by atoms with van der Waals surface area (Å²) < 4.78 is 0. The van der Waals surface area contributed by atoms with Gasteiger partial charge >= 0.3 is 0 Å². The van der Waals surface area contributed by atoms with Crippen LogP contribution < -0.4 is 0 Å². The van der Waals surface area contributed by atoms with E-state index < -0.39 is 0 Å². The molecule has 0 radical (unpaired) electrons. The maximum atomic E-state index is 4.37. The Morgan fingerprint density at radius 1 is 1.50 bits per heavy atom. The van der Waals surface area contributed by atoms with E-state index in [1.165, 1.54) is 36.1 Å². The summed E-state index contributed by atoms with van der Waals surface area (Å²) in [5, 5.41) is 0. The van der Waals surface area contributed by atoms with Crippen molar-refractivity contribution in [2.45, 2.75) is 25.0 Å². The van der Waals surface area contributed by atoms with Gasteiger partial charge in [-0.2, -0.15) is 0 Å². The summed E-state index contributed by atoms with van der Waals surface area (Å²) in [4.78, 5) is 4.37. The second-order valence-electron chi connectivity index (χ2n) is 3.02. The highest BCUT2D eigenvalue weighted by atomic mass is 33.1. The third-order valence-electron chi connectivity index (χ3n) is 2.30. The lowest BCUT2D eigenvalue weighted by Gasteiger charge is -2.04. The zero-order chi connectivity index (χ0) is 8.39. The predicted molar refractivity (Wildman–Crippen MR) is 56.5 cm³/mol. The number of rotatable bonds is 2. The Bertz CT molecular complexity index is 286. The number of hydrogen-bond donors (Lipinski definition) is 1. The lowest BCUT2D eigenvalue weighted by Crippen LogP contribution is -1.92. The standard InChI is InChI=1S/C9H11NS2/c11-12-6-7-4-5-10-9-3-1-2-8(7)9/h4-5,11H,1-3,6H2. The molecule has 1 aliphatic rings. The van der Waals surface area contributed by atoms with E-state index in [-0.39, 0.29) is 0 Å². The van der Waals surface area contributed by atoms with Crippen LogP contribution in [0.5, 0.6) is 0 Å². The fraction of sp³-hybridized carbons (Fsp3) is 0.444. The molecule has 0 N–H and O–H groups in total. The summed E-state index contributed by atoms with van der Waals surface area (Å²) in [6.07, 6.45) is 5.58. The van der Waals surface area contributed by atoms with Gasteiger partial charge < -0.3 is 0 Å². The highest BCUT2D eigenvalue weighted by molar-refractivity contribution is 8.68. The minimum absolute atomic E-state index is 1.01. The van der Waals surface area contributed by atoms with E-state index in [0.29, 0.717) is 0 Å². The second-order valence-corrected chi connectivity index (χ2v) is 4.34. The lowest BCUT2D eigenvalue weighted by molar-refractivity contribution is 0.898. The first kappa shape index (κ1) is 8.45. The van der Waals surface area contributed by atoms with E-state index in [4.69, 9.17) is 0 Å². The van der Waals surface area contributed by atoms with Gasteiger partial charge in [0.05, 0.1) is 0 Å². The Morgan fingerprint density at radius 2 is 2.42 bits per heavy atom. The van der Waals surface area contributed by atoms with Crippen molar-refractivity contribution in [1.29, 1.82) is 0 Å². The molecule has 1 heterocycles. The number of aromatic nitrogens is 1. The first-order valence-corrected chi connectivity index (χ1v) is 6.17. The average Bonchev–Trinajstić information content (AvgIpc) is 2.53. The summed E-state index contributed by atoms with van der Waals surface area (Å²) in [6, 6.07) is 2.12. The van der Waals surface area contributed by atoms with Crippen molar-refractivity contribution in [3.05, 3.63) is 29.1 Å². The van der Waals surface area contributed by atoms with Crippen molar-refractivity contribution in [2.75, 3.05) is 0 Å². The molecule has 0 bridgehead atoms. The molecule has 2 rings (SSSR count). The molecule has 0 atom stereocenters. The maximum absolute atomic E-state index is 4.37. The lowest BCUT2D eigenvalue weighted by atomic mass is 10.1. The van der Waals surface area contributed by atoms with Gasteiger partial charge in [0.25, 0.3) is 0 Å². The van der Waals surface area contributed by atoms with Gasteiger partial charge in [0.15, 0.2) is 0 Å². The molecule has 0 unspecified atom stereocenters. The van der Waals surface area contributed by atoms with E-state index in [1.54, 1.807) is 10.8 Å². The molecular weight excluding hydrogens is 186 g/mol. The Morgan fingerprint density at radius 3 is 3.25 bits per heavy atom. The number of nitrogens with zero attached hydrogens (tertiary/aromatic N) is 1. The molecule has 0 aromatic carbocycles. The Balaban J connectivity index is 2.36. The summed E-state index contributed by atoms with van der Waals surface area (Å²) in [5.41, 5.74) is 4.23. The molecule has 1 aromatic heterocycles. The fourth-order valence-corrected chi connectivity index (χ4v) is 2.57. The molecule has 0 spiro atoms. The predicted octanol–water partition coefficient (Wildman–Crippen LogP) is 2.65. The van der Waals surface area contributed by atoms with Gasteiger partial charge in [-0.15, -0.1) is 11.7 Å². The van der Waals surface area contributed by atoms with Crippen LogP contribution in [0.2, 0.25) is 0 Å². The normalized spacial score (nSPS) is 14.8. The van der Waals surface area contributed by atoms with E-state index >= 15 is 0 Å². The third-order valence-corrected chi connectivity index (χ3v) is 3.13. The number of thiol groups is 1. The summed E-state index contributed by atoms with van der Waals surface area (Å²) in [5.74, 6) is 1.01. The smallest absolute Gasteiger partial charge is 0.0438 e. The van der Waals surface area contributed by atoms with Crippen molar-refractivity contribution in [1.82, 2.24) is 4.98 Å². The van der Waals surface area contributed by atoms with Crippen molar-refractivity contribution in [3.8, 4) is 0 Å². The number of pyridine rings is 1. The summed E-state index contributed by atoms with van der Waals surface area (Å²) in [6.45, 7) is 0. The fourth-order valence-electron chi connectivity index (χ4n) is 1.74. The van der Waals surface area contributed by atoms with Crippen LogP contribution in [0.25, 0.3) is 0 Å². The molecular formula is C9H11NS2.